The van der Waals surface area contributed by atoms with Crippen LogP contribution in [0.2, 0.25) is 0 Å². The summed E-state index contributed by atoms with van der Waals surface area (Å²) >= 11 is 0. The summed E-state index contributed by atoms with van der Waals surface area (Å²) in [5, 5.41) is 6.69. The minimum absolute atomic E-state index is 0. The van der Waals surface area contributed by atoms with Gasteiger partial charge in [-0.1, -0.05) is 36.4 Å². The molecule has 2 N–H and O–H groups in total. The van der Waals surface area contributed by atoms with E-state index in [1.54, 1.807) is 7.05 Å². The van der Waals surface area contributed by atoms with E-state index in [1.165, 1.54) is 16.7 Å². The molecule has 5 nitrogen and oxygen atoms in total. The number of benzene rings is 2. The van der Waals surface area contributed by atoms with Crippen LogP contribution in [-0.4, -0.2) is 44.7 Å². The summed E-state index contributed by atoms with van der Waals surface area (Å²) in [6, 6.07) is 16.7. The number of ether oxygens (including phenoxy) is 1. The number of halogens is 1. The summed E-state index contributed by atoms with van der Waals surface area (Å²) in [5.41, 5.74) is 3.74. The smallest absolute Gasteiger partial charge is 0.191 e. The first kappa shape index (κ1) is 24.2. The van der Waals surface area contributed by atoms with Gasteiger partial charge in [-0.25, -0.2) is 0 Å². The molecule has 2 aromatic carbocycles. The lowest BCUT2D eigenvalue weighted by molar-refractivity contribution is 0.223. The Morgan fingerprint density at radius 2 is 1.79 bits per heavy atom. The summed E-state index contributed by atoms with van der Waals surface area (Å²) in [6.45, 7) is 6.46. The first-order valence-corrected chi connectivity index (χ1v) is 9.36. The summed E-state index contributed by atoms with van der Waals surface area (Å²) in [5.74, 6) is 1.66. The van der Waals surface area contributed by atoms with Crippen LogP contribution in [0.5, 0.6) is 5.75 Å². The molecular formula is C22H33IN4O. The van der Waals surface area contributed by atoms with Crippen LogP contribution in [0.25, 0.3) is 0 Å². The maximum absolute atomic E-state index is 5.96. The highest BCUT2D eigenvalue weighted by Crippen LogP contribution is 2.13. The molecule has 0 aliphatic rings. The molecular weight excluding hydrogens is 463 g/mol. The molecule has 0 fully saturated rings. The van der Waals surface area contributed by atoms with E-state index in [9.17, 15) is 0 Å². The zero-order valence-corrected chi connectivity index (χ0v) is 19.9. The van der Waals surface area contributed by atoms with E-state index in [0.717, 1.165) is 24.8 Å². The third kappa shape index (κ3) is 8.93. The molecule has 28 heavy (non-hydrogen) atoms. The van der Waals surface area contributed by atoms with E-state index in [0.29, 0.717) is 6.54 Å². The molecule has 0 spiro atoms. The first-order chi connectivity index (χ1) is 13.0. The molecule has 0 aromatic heterocycles. The van der Waals surface area contributed by atoms with Crippen LogP contribution in [0, 0.1) is 6.92 Å². The molecule has 0 saturated heterocycles. The van der Waals surface area contributed by atoms with Crippen LogP contribution in [-0.2, 0) is 13.1 Å². The maximum Gasteiger partial charge on any atom is 0.191 e. The van der Waals surface area contributed by atoms with Gasteiger partial charge in [-0.2, -0.15) is 0 Å². The van der Waals surface area contributed by atoms with E-state index in [1.807, 2.05) is 25.1 Å². The van der Waals surface area contributed by atoms with E-state index in [4.69, 9.17) is 4.74 Å². The molecule has 1 unspecified atom stereocenters. The molecule has 2 rings (SSSR count). The molecule has 154 valence electrons. The Kier molecular flexibility index (Phi) is 10.9. The van der Waals surface area contributed by atoms with Gasteiger partial charge in [-0.3, -0.25) is 4.99 Å². The molecule has 0 aliphatic carbocycles. The van der Waals surface area contributed by atoms with E-state index >= 15 is 0 Å². The van der Waals surface area contributed by atoms with Crippen molar-refractivity contribution in [1.29, 1.82) is 0 Å². The second kappa shape index (κ2) is 12.6. The molecule has 1 atom stereocenters. The molecule has 0 saturated carbocycles. The van der Waals surface area contributed by atoms with Crippen LogP contribution >= 0.6 is 24.0 Å². The highest BCUT2D eigenvalue weighted by Gasteiger charge is 2.06. The van der Waals surface area contributed by atoms with Crippen molar-refractivity contribution in [1.82, 2.24) is 15.5 Å². The van der Waals surface area contributed by atoms with Gasteiger partial charge in [0.1, 0.15) is 11.9 Å². The summed E-state index contributed by atoms with van der Waals surface area (Å²) in [7, 11) is 5.94. The van der Waals surface area contributed by atoms with Gasteiger partial charge >= 0.3 is 0 Å². The number of hydrogen-bond acceptors (Lipinski definition) is 3. The van der Waals surface area contributed by atoms with Crippen molar-refractivity contribution in [2.24, 2.45) is 4.99 Å². The quantitative estimate of drug-likeness (QED) is 0.332. The average molecular weight is 496 g/mol. The van der Waals surface area contributed by atoms with E-state index in [-0.39, 0.29) is 30.1 Å². The van der Waals surface area contributed by atoms with Crippen molar-refractivity contribution < 1.29 is 4.74 Å². The van der Waals surface area contributed by atoms with E-state index in [2.05, 4.69) is 71.9 Å². The average Bonchev–Trinajstić information content (AvgIpc) is 2.61. The number of nitrogens with one attached hydrogen (secondary N) is 2. The molecule has 2 aromatic rings. The topological polar surface area (TPSA) is 48.9 Å². The third-order valence-electron chi connectivity index (χ3n) is 4.06. The number of aryl methyl sites for hydroxylation is 1. The Morgan fingerprint density at radius 1 is 1.07 bits per heavy atom. The molecule has 0 aliphatic heterocycles. The second-order valence-electron chi connectivity index (χ2n) is 7.11. The van der Waals surface area contributed by atoms with Crippen LogP contribution in [0.4, 0.5) is 0 Å². The molecule has 0 radical (unpaired) electrons. The number of hydrogen-bond donors (Lipinski definition) is 2. The predicted molar refractivity (Wildman–Crippen MR) is 129 cm³/mol. The molecule has 0 amide bonds. The molecule has 0 bridgehead atoms. The SMILES string of the molecule is CN=C(NCc1cccc(CN(C)C)c1)NCC(C)Oc1cccc(C)c1.I. The monoisotopic (exact) mass is 496 g/mol. The van der Waals surface area contributed by atoms with Crippen LogP contribution in [0.1, 0.15) is 23.6 Å². The Morgan fingerprint density at radius 3 is 2.46 bits per heavy atom. The van der Waals surface area contributed by atoms with Gasteiger partial charge < -0.3 is 20.3 Å². The van der Waals surface area contributed by atoms with Crippen LogP contribution < -0.4 is 15.4 Å². The van der Waals surface area contributed by atoms with Gasteiger partial charge in [-0.05, 0) is 56.8 Å². The fraction of sp³-hybridized carbons (Fsp3) is 0.409. The summed E-state index contributed by atoms with van der Waals surface area (Å²) in [4.78, 5) is 6.47. The first-order valence-electron chi connectivity index (χ1n) is 9.36. The Balaban J connectivity index is 0.00000392. The minimum Gasteiger partial charge on any atom is -0.489 e. The standard InChI is InChI=1S/C22H32N4O.HI/c1-17-8-6-11-21(12-17)27-18(2)14-24-22(23-3)25-15-19-9-7-10-20(13-19)16-26(4)5;/h6-13,18H,14-16H2,1-5H3,(H2,23,24,25);1H. The Bertz CT molecular complexity index is 749. The van der Waals surface area contributed by atoms with Crippen molar-refractivity contribution in [3.05, 3.63) is 65.2 Å². The lowest BCUT2D eigenvalue weighted by atomic mass is 10.1. The van der Waals surface area contributed by atoms with Crippen LogP contribution in [0.15, 0.2) is 53.5 Å². The van der Waals surface area contributed by atoms with Crippen molar-refractivity contribution in [3.63, 3.8) is 0 Å². The Labute approximate surface area is 186 Å². The zero-order valence-electron chi connectivity index (χ0n) is 17.5. The van der Waals surface area contributed by atoms with Gasteiger partial charge in [0.05, 0.1) is 6.54 Å². The minimum atomic E-state index is 0. The third-order valence-corrected chi connectivity index (χ3v) is 4.06. The van der Waals surface area contributed by atoms with Crippen molar-refractivity contribution in [2.75, 3.05) is 27.7 Å². The largest absolute Gasteiger partial charge is 0.489 e. The lowest BCUT2D eigenvalue weighted by Crippen LogP contribution is -2.41. The molecule has 0 heterocycles. The maximum atomic E-state index is 5.96. The number of nitrogens with zero attached hydrogens (tertiary/aromatic N) is 2. The van der Waals surface area contributed by atoms with Gasteiger partial charge in [0.2, 0.25) is 0 Å². The zero-order chi connectivity index (χ0) is 19.6. The van der Waals surface area contributed by atoms with Gasteiger partial charge in [0, 0.05) is 20.1 Å². The second-order valence-corrected chi connectivity index (χ2v) is 7.11. The fourth-order valence-corrected chi connectivity index (χ4v) is 2.81. The number of aliphatic imine (C=N–C) groups is 1. The van der Waals surface area contributed by atoms with Gasteiger partial charge in [0.15, 0.2) is 5.96 Å². The highest BCUT2D eigenvalue weighted by molar-refractivity contribution is 14.0. The van der Waals surface area contributed by atoms with Crippen molar-refractivity contribution >= 4 is 29.9 Å². The van der Waals surface area contributed by atoms with Crippen LogP contribution in [0.3, 0.4) is 0 Å². The summed E-state index contributed by atoms with van der Waals surface area (Å²) < 4.78 is 5.96. The van der Waals surface area contributed by atoms with E-state index < -0.39 is 0 Å². The Hall–Kier alpha value is -1.80. The number of guanidine groups is 1. The molecule has 6 heteroatoms. The fourth-order valence-electron chi connectivity index (χ4n) is 2.81. The van der Waals surface area contributed by atoms with Crippen molar-refractivity contribution in [2.45, 2.75) is 33.0 Å². The van der Waals surface area contributed by atoms with Gasteiger partial charge in [0.25, 0.3) is 0 Å². The van der Waals surface area contributed by atoms with Gasteiger partial charge in [-0.15, -0.1) is 24.0 Å². The van der Waals surface area contributed by atoms with Crippen molar-refractivity contribution in [3.8, 4) is 5.75 Å². The highest BCUT2D eigenvalue weighted by atomic mass is 127. The number of rotatable bonds is 8. The normalized spacial score (nSPS) is 12.3. The predicted octanol–water partition coefficient (Wildman–Crippen LogP) is 3.81. The lowest BCUT2D eigenvalue weighted by Gasteiger charge is -2.18. The summed E-state index contributed by atoms with van der Waals surface area (Å²) in [6.07, 6.45) is 0.0359.